The second kappa shape index (κ2) is 5.48. The van der Waals surface area contributed by atoms with Crippen LogP contribution >= 0.6 is 0 Å². The predicted molar refractivity (Wildman–Crippen MR) is 47.2 cm³/mol. The summed E-state index contributed by atoms with van der Waals surface area (Å²) in [6.45, 7) is 5.94. The fourth-order valence-electron chi connectivity index (χ4n) is 1.14. The van der Waals surface area contributed by atoms with Gasteiger partial charge in [-0.15, -0.1) is 6.58 Å². The molecule has 1 atom stereocenters. The average Bonchev–Trinajstić information content (AvgIpc) is 1.89. The fourth-order valence-corrected chi connectivity index (χ4v) is 1.14. The highest BCUT2D eigenvalue weighted by Gasteiger charge is 2.05. The van der Waals surface area contributed by atoms with Crippen molar-refractivity contribution in [2.24, 2.45) is 0 Å². The minimum atomic E-state index is 0.734. The maximum absolute atomic E-state index is 3.71. The Balaban J connectivity index is 3.49. The SMILES string of the molecule is C=CCCC(CC)N(C)C. The van der Waals surface area contributed by atoms with Gasteiger partial charge in [0.15, 0.2) is 0 Å². The van der Waals surface area contributed by atoms with Crippen molar-refractivity contribution in [3.8, 4) is 0 Å². The molecule has 0 saturated heterocycles. The molecule has 0 aromatic carbocycles. The van der Waals surface area contributed by atoms with Crippen LogP contribution in [0, 0.1) is 0 Å². The molecule has 0 aromatic rings. The third-order valence-corrected chi connectivity index (χ3v) is 1.91. The van der Waals surface area contributed by atoms with Gasteiger partial charge in [-0.25, -0.2) is 0 Å². The van der Waals surface area contributed by atoms with E-state index in [1.807, 2.05) is 6.08 Å². The molecule has 0 heterocycles. The van der Waals surface area contributed by atoms with E-state index in [4.69, 9.17) is 0 Å². The van der Waals surface area contributed by atoms with Crippen molar-refractivity contribution in [3.63, 3.8) is 0 Å². The second-order valence-corrected chi connectivity index (χ2v) is 2.89. The molecule has 0 spiro atoms. The van der Waals surface area contributed by atoms with E-state index in [-0.39, 0.29) is 0 Å². The standard InChI is InChI=1S/C9H19N/c1-5-7-8-9(6-2)10(3)4/h5,9H,1,6-8H2,2-4H3. The Bertz CT molecular complexity index is 86.7. The first-order chi connectivity index (χ1) is 4.72. The Kier molecular flexibility index (Phi) is 5.32. The smallest absolute Gasteiger partial charge is 0.00894 e. The summed E-state index contributed by atoms with van der Waals surface area (Å²) in [7, 11) is 4.27. The van der Waals surface area contributed by atoms with Crippen molar-refractivity contribution >= 4 is 0 Å². The van der Waals surface area contributed by atoms with Crippen LogP contribution in [-0.4, -0.2) is 25.0 Å². The van der Waals surface area contributed by atoms with Crippen LogP contribution < -0.4 is 0 Å². The molecule has 0 saturated carbocycles. The summed E-state index contributed by atoms with van der Waals surface area (Å²) in [6, 6.07) is 0.734. The minimum absolute atomic E-state index is 0.734. The van der Waals surface area contributed by atoms with Crippen LogP contribution in [-0.2, 0) is 0 Å². The summed E-state index contributed by atoms with van der Waals surface area (Å²) in [4.78, 5) is 2.28. The Labute approximate surface area is 64.7 Å². The van der Waals surface area contributed by atoms with E-state index in [1.54, 1.807) is 0 Å². The van der Waals surface area contributed by atoms with Crippen LogP contribution in [0.4, 0.5) is 0 Å². The highest BCUT2D eigenvalue weighted by atomic mass is 15.1. The summed E-state index contributed by atoms with van der Waals surface area (Å²) in [5.74, 6) is 0. The van der Waals surface area contributed by atoms with Gasteiger partial charge in [0.2, 0.25) is 0 Å². The van der Waals surface area contributed by atoms with E-state index < -0.39 is 0 Å². The first-order valence-corrected chi connectivity index (χ1v) is 3.99. The molecule has 0 aromatic heterocycles. The summed E-state index contributed by atoms with van der Waals surface area (Å²) in [5.41, 5.74) is 0. The lowest BCUT2D eigenvalue weighted by Crippen LogP contribution is -2.26. The Morgan fingerprint density at radius 1 is 1.50 bits per heavy atom. The Morgan fingerprint density at radius 2 is 2.10 bits per heavy atom. The maximum Gasteiger partial charge on any atom is 0.00894 e. The zero-order valence-corrected chi connectivity index (χ0v) is 7.43. The van der Waals surface area contributed by atoms with Crippen LogP contribution in [0.25, 0.3) is 0 Å². The molecule has 0 N–H and O–H groups in total. The van der Waals surface area contributed by atoms with Gasteiger partial charge in [-0.3, -0.25) is 0 Å². The monoisotopic (exact) mass is 141 g/mol. The predicted octanol–water partition coefficient (Wildman–Crippen LogP) is 2.29. The van der Waals surface area contributed by atoms with E-state index in [0.717, 1.165) is 12.5 Å². The molecule has 1 heteroatoms. The second-order valence-electron chi connectivity index (χ2n) is 2.89. The van der Waals surface area contributed by atoms with E-state index in [1.165, 1.54) is 12.8 Å². The third kappa shape index (κ3) is 3.67. The average molecular weight is 141 g/mol. The first kappa shape index (κ1) is 9.70. The van der Waals surface area contributed by atoms with Crippen molar-refractivity contribution in [2.75, 3.05) is 14.1 Å². The van der Waals surface area contributed by atoms with Crippen molar-refractivity contribution in [3.05, 3.63) is 12.7 Å². The molecule has 1 unspecified atom stereocenters. The van der Waals surface area contributed by atoms with E-state index in [2.05, 4.69) is 32.5 Å². The minimum Gasteiger partial charge on any atom is -0.306 e. The van der Waals surface area contributed by atoms with E-state index in [9.17, 15) is 0 Å². The van der Waals surface area contributed by atoms with Gasteiger partial charge < -0.3 is 4.90 Å². The summed E-state index contributed by atoms with van der Waals surface area (Å²) >= 11 is 0. The van der Waals surface area contributed by atoms with Gasteiger partial charge >= 0.3 is 0 Å². The van der Waals surface area contributed by atoms with Gasteiger partial charge in [-0.2, -0.15) is 0 Å². The quantitative estimate of drug-likeness (QED) is 0.531. The van der Waals surface area contributed by atoms with Gasteiger partial charge in [0.05, 0.1) is 0 Å². The zero-order chi connectivity index (χ0) is 7.98. The number of hydrogen-bond acceptors (Lipinski definition) is 1. The maximum atomic E-state index is 3.71. The molecule has 10 heavy (non-hydrogen) atoms. The topological polar surface area (TPSA) is 3.24 Å². The first-order valence-electron chi connectivity index (χ1n) is 3.99. The van der Waals surface area contributed by atoms with Crippen molar-refractivity contribution in [2.45, 2.75) is 32.2 Å². The van der Waals surface area contributed by atoms with Crippen LogP contribution in [0.15, 0.2) is 12.7 Å². The number of allylic oxidation sites excluding steroid dienone is 1. The highest BCUT2D eigenvalue weighted by molar-refractivity contribution is 4.72. The van der Waals surface area contributed by atoms with E-state index >= 15 is 0 Å². The molecule has 0 bridgehead atoms. The number of hydrogen-bond donors (Lipinski definition) is 0. The molecule has 0 aliphatic carbocycles. The summed E-state index contributed by atoms with van der Waals surface area (Å²) < 4.78 is 0. The number of rotatable bonds is 5. The Hall–Kier alpha value is -0.300. The molecule has 0 fully saturated rings. The van der Waals surface area contributed by atoms with Crippen molar-refractivity contribution in [1.29, 1.82) is 0 Å². The largest absolute Gasteiger partial charge is 0.306 e. The van der Waals surface area contributed by atoms with Crippen LogP contribution in [0.2, 0.25) is 0 Å². The van der Waals surface area contributed by atoms with Gasteiger partial charge in [0.1, 0.15) is 0 Å². The van der Waals surface area contributed by atoms with Crippen molar-refractivity contribution < 1.29 is 0 Å². The molecule has 0 radical (unpaired) electrons. The van der Waals surface area contributed by atoms with Gasteiger partial charge in [0.25, 0.3) is 0 Å². The highest BCUT2D eigenvalue weighted by Crippen LogP contribution is 2.06. The summed E-state index contributed by atoms with van der Waals surface area (Å²) in [6.07, 6.45) is 5.61. The third-order valence-electron chi connectivity index (χ3n) is 1.91. The summed E-state index contributed by atoms with van der Waals surface area (Å²) in [5, 5.41) is 0. The lowest BCUT2D eigenvalue weighted by Gasteiger charge is -2.21. The molecule has 0 aliphatic rings. The van der Waals surface area contributed by atoms with E-state index in [0.29, 0.717) is 0 Å². The lowest BCUT2D eigenvalue weighted by atomic mass is 10.1. The van der Waals surface area contributed by atoms with Gasteiger partial charge in [-0.1, -0.05) is 13.0 Å². The van der Waals surface area contributed by atoms with Crippen LogP contribution in [0.5, 0.6) is 0 Å². The number of nitrogens with zero attached hydrogens (tertiary/aromatic N) is 1. The van der Waals surface area contributed by atoms with Gasteiger partial charge in [-0.05, 0) is 33.4 Å². The molecular formula is C9H19N. The van der Waals surface area contributed by atoms with Crippen LogP contribution in [0.3, 0.4) is 0 Å². The lowest BCUT2D eigenvalue weighted by molar-refractivity contribution is 0.273. The van der Waals surface area contributed by atoms with Crippen LogP contribution in [0.1, 0.15) is 26.2 Å². The Morgan fingerprint density at radius 3 is 2.40 bits per heavy atom. The van der Waals surface area contributed by atoms with Gasteiger partial charge in [0, 0.05) is 6.04 Å². The van der Waals surface area contributed by atoms with Crippen molar-refractivity contribution in [1.82, 2.24) is 4.90 Å². The zero-order valence-electron chi connectivity index (χ0n) is 7.43. The molecule has 0 aliphatic heterocycles. The normalized spacial score (nSPS) is 13.6. The molecule has 0 amide bonds. The fraction of sp³-hybridized carbons (Fsp3) is 0.778. The molecule has 1 nitrogen and oxygen atoms in total. The molecular weight excluding hydrogens is 122 g/mol. The molecule has 0 rings (SSSR count). The molecule has 60 valence electrons.